The summed E-state index contributed by atoms with van der Waals surface area (Å²) >= 11 is 8.15. The van der Waals surface area contributed by atoms with Crippen molar-refractivity contribution in [1.29, 1.82) is 0 Å². The zero-order valence-corrected chi connectivity index (χ0v) is 11.0. The predicted molar refractivity (Wildman–Crippen MR) is 77.0 cm³/mol. The van der Waals surface area contributed by atoms with Gasteiger partial charge in [-0.2, -0.15) is 0 Å². The van der Waals surface area contributed by atoms with Gasteiger partial charge >= 0.3 is 0 Å². The molecule has 2 heteroatoms. The number of thiophene rings is 1. The van der Waals surface area contributed by atoms with Crippen molar-refractivity contribution < 1.29 is 0 Å². The molecule has 0 bridgehead atoms. The molecule has 1 heterocycles. The Labute approximate surface area is 109 Å². The summed E-state index contributed by atoms with van der Waals surface area (Å²) in [6.07, 6.45) is 0. The van der Waals surface area contributed by atoms with Gasteiger partial charge in [-0.05, 0) is 30.0 Å². The summed E-state index contributed by atoms with van der Waals surface area (Å²) in [5, 5.41) is 2.14. The second-order valence-electron chi connectivity index (χ2n) is 4.08. The third-order valence-electron chi connectivity index (χ3n) is 2.88. The van der Waals surface area contributed by atoms with Gasteiger partial charge in [0.25, 0.3) is 0 Å². The van der Waals surface area contributed by atoms with Crippen LogP contribution in [-0.4, -0.2) is 0 Å². The molecule has 0 fully saturated rings. The minimum absolute atomic E-state index is 0.860. The summed E-state index contributed by atoms with van der Waals surface area (Å²) < 4.78 is 1.31. The summed E-state index contributed by atoms with van der Waals surface area (Å²) in [5.74, 6) is 0. The minimum Gasteiger partial charge on any atom is -0.135 e. The van der Waals surface area contributed by atoms with Crippen molar-refractivity contribution in [3.05, 3.63) is 59.1 Å². The van der Waals surface area contributed by atoms with E-state index in [4.69, 9.17) is 11.6 Å². The first-order valence-electron chi connectivity index (χ1n) is 5.50. The molecule has 0 saturated carbocycles. The highest BCUT2D eigenvalue weighted by Gasteiger charge is 2.08. The molecular weight excluding hydrogens is 248 g/mol. The molecule has 3 aromatic rings. The maximum absolute atomic E-state index is 6.36. The number of aryl methyl sites for hydroxylation is 1. The van der Waals surface area contributed by atoms with E-state index in [0.717, 1.165) is 16.1 Å². The van der Waals surface area contributed by atoms with Crippen LogP contribution >= 0.6 is 22.9 Å². The monoisotopic (exact) mass is 258 g/mol. The number of halogens is 1. The van der Waals surface area contributed by atoms with E-state index in [1.807, 2.05) is 13.0 Å². The first-order chi connectivity index (χ1) is 8.25. The third-order valence-corrected chi connectivity index (χ3v) is 4.53. The van der Waals surface area contributed by atoms with Crippen LogP contribution in [0.3, 0.4) is 0 Å². The molecule has 0 saturated heterocycles. The van der Waals surface area contributed by atoms with Gasteiger partial charge in [-0.1, -0.05) is 48.0 Å². The van der Waals surface area contributed by atoms with Gasteiger partial charge in [-0.3, -0.25) is 0 Å². The van der Waals surface area contributed by atoms with E-state index in [1.165, 1.54) is 15.0 Å². The van der Waals surface area contributed by atoms with Gasteiger partial charge in [-0.25, -0.2) is 0 Å². The Morgan fingerprint density at radius 2 is 1.82 bits per heavy atom. The fourth-order valence-electron chi connectivity index (χ4n) is 1.95. The molecule has 0 radical (unpaired) electrons. The van der Waals surface area contributed by atoms with Gasteiger partial charge in [0.15, 0.2) is 0 Å². The van der Waals surface area contributed by atoms with Crippen molar-refractivity contribution >= 4 is 33.0 Å². The largest absolute Gasteiger partial charge is 0.135 e. The van der Waals surface area contributed by atoms with Gasteiger partial charge in [0.2, 0.25) is 0 Å². The number of benzene rings is 2. The predicted octanol–water partition coefficient (Wildman–Crippen LogP) is 5.53. The van der Waals surface area contributed by atoms with Crippen LogP contribution in [0.1, 0.15) is 5.56 Å². The Hall–Kier alpha value is -1.31. The summed E-state index contributed by atoms with van der Waals surface area (Å²) in [6.45, 7) is 2.04. The SMILES string of the molecule is Cc1cccc(-c2cc3ccccc3s2)c1Cl. The molecule has 1 aromatic heterocycles. The fourth-order valence-corrected chi connectivity index (χ4v) is 3.33. The molecule has 0 aliphatic rings. The van der Waals surface area contributed by atoms with Gasteiger partial charge in [-0.15, -0.1) is 11.3 Å². The van der Waals surface area contributed by atoms with Crippen LogP contribution < -0.4 is 0 Å². The van der Waals surface area contributed by atoms with Crippen LogP contribution in [0, 0.1) is 6.92 Å². The fraction of sp³-hybridized carbons (Fsp3) is 0.0667. The zero-order valence-electron chi connectivity index (χ0n) is 9.41. The molecule has 3 rings (SSSR count). The van der Waals surface area contributed by atoms with E-state index in [0.29, 0.717) is 0 Å². The smallest absolute Gasteiger partial charge is 0.0521 e. The number of hydrogen-bond donors (Lipinski definition) is 0. The lowest BCUT2D eigenvalue weighted by atomic mass is 10.1. The molecule has 2 aromatic carbocycles. The number of hydrogen-bond acceptors (Lipinski definition) is 1. The molecule has 0 amide bonds. The number of fused-ring (bicyclic) bond motifs is 1. The van der Waals surface area contributed by atoms with Crippen molar-refractivity contribution in [2.24, 2.45) is 0 Å². The van der Waals surface area contributed by atoms with E-state index < -0.39 is 0 Å². The molecule has 17 heavy (non-hydrogen) atoms. The van der Waals surface area contributed by atoms with Crippen molar-refractivity contribution in [1.82, 2.24) is 0 Å². The average Bonchev–Trinajstić information content (AvgIpc) is 2.76. The Morgan fingerprint density at radius 1 is 1.00 bits per heavy atom. The van der Waals surface area contributed by atoms with Gasteiger partial charge in [0, 0.05) is 15.1 Å². The molecule has 84 valence electrons. The Kier molecular flexibility index (Phi) is 2.65. The number of rotatable bonds is 1. The Balaban J connectivity index is 2.24. The third kappa shape index (κ3) is 1.86. The van der Waals surface area contributed by atoms with Crippen LogP contribution in [0.4, 0.5) is 0 Å². The molecule has 0 unspecified atom stereocenters. The van der Waals surface area contributed by atoms with Crippen molar-refractivity contribution in [2.75, 3.05) is 0 Å². The normalized spacial score (nSPS) is 10.9. The molecule has 0 N–H and O–H groups in total. The van der Waals surface area contributed by atoms with Gasteiger partial charge in [0.1, 0.15) is 0 Å². The van der Waals surface area contributed by atoms with Gasteiger partial charge in [0.05, 0.1) is 5.02 Å². The second kappa shape index (κ2) is 4.17. The first-order valence-corrected chi connectivity index (χ1v) is 6.69. The topological polar surface area (TPSA) is 0 Å². The summed E-state index contributed by atoms with van der Waals surface area (Å²) in [5.41, 5.74) is 2.26. The van der Waals surface area contributed by atoms with E-state index in [9.17, 15) is 0 Å². The molecule has 0 spiro atoms. The molecular formula is C15H11ClS. The highest BCUT2D eigenvalue weighted by atomic mass is 35.5. The van der Waals surface area contributed by atoms with Crippen LogP contribution in [0.5, 0.6) is 0 Å². The first kappa shape index (κ1) is 10.8. The minimum atomic E-state index is 0.860. The quantitative estimate of drug-likeness (QED) is 0.538. The van der Waals surface area contributed by atoms with Crippen molar-refractivity contribution in [2.45, 2.75) is 6.92 Å². The van der Waals surface area contributed by atoms with Gasteiger partial charge < -0.3 is 0 Å². The lowest BCUT2D eigenvalue weighted by Crippen LogP contribution is -1.78. The highest BCUT2D eigenvalue weighted by molar-refractivity contribution is 7.22. The van der Waals surface area contributed by atoms with E-state index in [2.05, 4.69) is 42.5 Å². The second-order valence-corrected chi connectivity index (χ2v) is 5.55. The highest BCUT2D eigenvalue weighted by Crippen LogP contribution is 2.37. The van der Waals surface area contributed by atoms with E-state index in [1.54, 1.807) is 11.3 Å². The molecule has 0 nitrogen and oxygen atoms in total. The standard InChI is InChI=1S/C15H11ClS/c1-10-5-4-7-12(15(10)16)14-9-11-6-2-3-8-13(11)17-14/h2-9H,1H3. The van der Waals surface area contributed by atoms with Crippen molar-refractivity contribution in [3.8, 4) is 10.4 Å². The van der Waals surface area contributed by atoms with Crippen LogP contribution in [0.15, 0.2) is 48.5 Å². The van der Waals surface area contributed by atoms with Crippen LogP contribution in [0.25, 0.3) is 20.5 Å². The van der Waals surface area contributed by atoms with E-state index in [-0.39, 0.29) is 0 Å². The molecule has 0 aliphatic carbocycles. The lowest BCUT2D eigenvalue weighted by Gasteiger charge is -2.03. The maximum atomic E-state index is 6.36. The average molecular weight is 259 g/mol. The van der Waals surface area contributed by atoms with Crippen LogP contribution in [-0.2, 0) is 0 Å². The maximum Gasteiger partial charge on any atom is 0.0521 e. The zero-order chi connectivity index (χ0) is 11.8. The molecule has 0 aliphatic heterocycles. The lowest BCUT2D eigenvalue weighted by molar-refractivity contribution is 1.48. The Bertz CT molecular complexity index is 649. The van der Waals surface area contributed by atoms with E-state index >= 15 is 0 Å². The summed E-state index contributed by atoms with van der Waals surface area (Å²) in [7, 11) is 0. The Morgan fingerprint density at radius 3 is 2.65 bits per heavy atom. The van der Waals surface area contributed by atoms with Crippen molar-refractivity contribution in [3.63, 3.8) is 0 Å². The summed E-state index contributed by atoms with van der Waals surface area (Å²) in [6, 6.07) is 16.8. The summed E-state index contributed by atoms with van der Waals surface area (Å²) in [4.78, 5) is 1.24. The molecule has 0 atom stereocenters. The van der Waals surface area contributed by atoms with Crippen LogP contribution in [0.2, 0.25) is 5.02 Å².